The van der Waals surface area contributed by atoms with Crippen molar-refractivity contribution in [3.63, 3.8) is 0 Å². The minimum atomic E-state index is 0.298. The maximum absolute atomic E-state index is 6.09. The van der Waals surface area contributed by atoms with Crippen molar-refractivity contribution in [3.8, 4) is 0 Å². The van der Waals surface area contributed by atoms with Crippen molar-refractivity contribution < 1.29 is 4.74 Å². The van der Waals surface area contributed by atoms with Crippen molar-refractivity contribution in [1.82, 2.24) is 0 Å². The van der Waals surface area contributed by atoms with Crippen LogP contribution in [0.4, 0.5) is 0 Å². The molecule has 0 aromatic carbocycles. The van der Waals surface area contributed by atoms with E-state index in [0.29, 0.717) is 12.0 Å². The molecule has 0 fully saturated rings. The van der Waals surface area contributed by atoms with E-state index < -0.39 is 0 Å². The quantitative estimate of drug-likeness (QED) is 0.180. The average molecular weight is 417 g/mol. The smallest absolute Gasteiger partial charge is 0.0850 e. The number of unbranched alkanes of at least 4 members (excludes halogenated alkanes) is 2. The van der Waals surface area contributed by atoms with Crippen molar-refractivity contribution in [1.29, 1.82) is 0 Å². The number of hydrogen-bond acceptors (Lipinski definition) is 1. The number of hydrogen-bond donors (Lipinski definition) is 0. The Morgan fingerprint density at radius 2 is 1.67 bits per heavy atom. The van der Waals surface area contributed by atoms with Crippen LogP contribution in [0.5, 0.6) is 0 Å². The molecule has 0 heterocycles. The molecule has 0 aromatic heterocycles. The van der Waals surface area contributed by atoms with Crippen LogP contribution in [0.1, 0.15) is 119 Å². The molecule has 0 bridgehead atoms. The van der Waals surface area contributed by atoms with Crippen LogP contribution >= 0.6 is 0 Å². The summed E-state index contributed by atoms with van der Waals surface area (Å²) in [6.07, 6.45) is 22.0. The van der Waals surface area contributed by atoms with E-state index in [2.05, 4.69) is 66.7 Å². The van der Waals surface area contributed by atoms with Gasteiger partial charge in [0.1, 0.15) is 0 Å². The van der Waals surface area contributed by atoms with Crippen LogP contribution in [0.25, 0.3) is 0 Å². The van der Waals surface area contributed by atoms with E-state index in [1.54, 1.807) is 5.57 Å². The second kappa shape index (κ2) is 15.9. The number of allylic oxidation sites excluding steroid dienone is 4. The van der Waals surface area contributed by atoms with E-state index in [-0.39, 0.29) is 0 Å². The van der Waals surface area contributed by atoms with Gasteiger partial charge >= 0.3 is 0 Å². The topological polar surface area (TPSA) is 9.23 Å². The highest BCUT2D eigenvalue weighted by Gasteiger charge is 2.25. The molecule has 1 nitrogen and oxygen atoms in total. The molecule has 0 spiro atoms. The zero-order chi connectivity index (χ0) is 22.4. The van der Waals surface area contributed by atoms with E-state index in [0.717, 1.165) is 18.4 Å². The fourth-order valence-corrected chi connectivity index (χ4v) is 4.60. The maximum atomic E-state index is 6.09. The SMILES string of the molecule is CCCC/C=C(\C)CCCC(C)CCCC(C)CCC1=CC=C(C)C(C)C1OCC. The summed E-state index contributed by atoms with van der Waals surface area (Å²) < 4.78 is 6.09. The largest absolute Gasteiger partial charge is 0.374 e. The molecule has 174 valence electrons. The van der Waals surface area contributed by atoms with E-state index in [1.807, 2.05) is 0 Å². The minimum Gasteiger partial charge on any atom is -0.374 e. The Morgan fingerprint density at radius 3 is 2.33 bits per heavy atom. The molecule has 0 aliphatic heterocycles. The summed E-state index contributed by atoms with van der Waals surface area (Å²) in [7, 11) is 0. The lowest BCUT2D eigenvalue weighted by molar-refractivity contribution is 0.0570. The van der Waals surface area contributed by atoms with E-state index in [9.17, 15) is 0 Å². The molecule has 1 rings (SSSR count). The first-order valence-electron chi connectivity index (χ1n) is 13.0. The van der Waals surface area contributed by atoms with Gasteiger partial charge in [0.25, 0.3) is 0 Å². The van der Waals surface area contributed by atoms with Crippen LogP contribution in [0.2, 0.25) is 0 Å². The lowest BCUT2D eigenvalue weighted by Crippen LogP contribution is -2.27. The Bertz CT molecular complexity index is 539. The van der Waals surface area contributed by atoms with Crippen LogP contribution < -0.4 is 0 Å². The molecular weight excluding hydrogens is 364 g/mol. The maximum Gasteiger partial charge on any atom is 0.0850 e. The Kier molecular flexibility index (Phi) is 14.4. The second-order valence-electron chi connectivity index (χ2n) is 10.1. The molecule has 4 atom stereocenters. The highest BCUT2D eigenvalue weighted by Crippen LogP contribution is 2.32. The Labute approximate surface area is 189 Å². The molecule has 0 amide bonds. The van der Waals surface area contributed by atoms with Crippen LogP contribution in [-0.4, -0.2) is 12.7 Å². The van der Waals surface area contributed by atoms with Gasteiger partial charge in [0.15, 0.2) is 0 Å². The van der Waals surface area contributed by atoms with Gasteiger partial charge in [0.05, 0.1) is 6.10 Å². The van der Waals surface area contributed by atoms with Crippen LogP contribution in [-0.2, 0) is 4.74 Å². The molecule has 1 aliphatic carbocycles. The molecule has 4 unspecified atom stereocenters. The fourth-order valence-electron chi connectivity index (χ4n) is 4.60. The summed E-state index contributed by atoms with van der Waals surface area (Å²) in [5, 5.41) is 0. The monoisotopic (exact) mass is 416 g/mol. The predicted molar refractivity (Wildman–Crippen MR) is 135 cm³/mol. The summed E-state index contributed by atoms with van der Waals surface area (Å²) in [5.74, 6) is 2.20. The van der Waals surface area contributed by atoms with E-state index in [1.165, 1.54) is 81.8 Å². The molecular formula is C29H52O. The Hall–Kier alpha value is -0.820. The highest BCUT2D eigenvalue weighted by molar-refractivity contribution is 5.29. The minimum absolute atomic E-state index is 0.298. The highest BCUT2D eigenvalue weighted by atomic mass is 16.5. The first kappa shape index (κ1) is 27.2. The normalized spacial score (nSPS) is 21.9. The summed E-state index contributed by atoms with van der Waals surface area (Å²) in [4.78, 5) is 0. The summed E-state index contributed by atoms with van der Waals surface area (Å²) in [6.45, 7) is 17.0. The first-order valence-corrected chi connectivity index (χ1v) is 13.0. The van der Waals surface area contributed by atoms with Crippen molar-refractivity contribution in [2.45, 2.75) is 125 Å². The van der Waals surface area contributed by atoms with Gasteiger partial charge < -0.3 is 4.74 Å². The third-order valence-electron chi connectivity index (χ3n) is 7.08. The van der Waals surface area contributed by atoms with Gasteiger partial charge in [-0.2, -0.15) is 0 Å². The Balaban J connectivity index is 2.22. The fraction of sp³-hybridized carbons (Fsp3) is 0.793. The van der Waals surface area contributed by atoms with Crippen molar-refractivity contribution in [2.75, 3.05) is 6.61 Å². The van der Waals surface area contributed by atoms with Gasteiger partial charge in [-0.3, -0.25) is 0 Å². The zero-order valence-corrected chi connectivity index (χ0v) is 21.4. The number of rotatable bonds is 16. The van der Waals surface area contributed by atoms with Crippen molar-refractivity contribution in [3.05, 3.63) is 34.9 Å². The standard InChI is InChI=1S/C29H52O/c1-8-10-11-14-23(3)15-12-16-24(4)17-13-18-25(5)19-21-28-22-20-26(6)27(7)29(28)30-9-2/h14,20,22,24-25,27,29H,8-13,15-19,21H2,1-7H3/b23-14+. The lowest BCUT2D eigenvalue weighted by Gasteiger charge is -2.30. The molecule has 0 saturated heterocycles. The number of ether oxygens (including phenoxy) is 1. The van der Waals surface area contributed by atoms with Gasteiger partial charge in [-0.1, -0.05) is 95.6 Å². The molecule has 0 N–H and O–H groups in total. The van der Waals surface area contributed by atoms with Gasteiger partial charge in [-0.05, 0) is 70.3 Å². The lowest BCUT2D eigenvalue weighted by atomic mass is 9.83. The summed E-state index contributed by atoms with van der Waals surface area (Å²) in [5.41, 5.74) is 4.56. The first-order chi connectivity index (χ1) is 14.4. The summed E-state index contributed by atoms with van der Waals surface area (Å²) >= 11 is 0. The van der Waals surface area contributed by atoms with Crippen molar-refractivity contribution >= 4 is 0 Å². The average Bonchev–Trinajstić information content (AvgIpc) is 2.71. The molecule has 30 heavy (non-hydrogen) atoms. The van der Waals surface area contributed by atoms with E-state index >= 15 is 0 Å². The zero-order valence-electron chi connectivity index (χ0n) is 21.4. The van der Waals surface area contributed by atoms with Gasteiger partial charge in [0.2, 0.25) is 0 Å². The van der Waals surface area contributed by atoms with Crippen LogP contribution in [0.15, 0.2) is 34.9 Å². The second-order valence-corrected chi connectivity index (χ2v) is 10.1. The molecule has 0 saturated carbocycles. The molecule has 0 aromatic rings. The Morgan fingerprint density at radius 1 is 1.00 bits per heavy atom. The predicted octanol–water partition coefficient (Wildman–Crippen LogP) is 9.44. The summed E-state index contributed by atoms with van der Waals surface area (Å²) in [6, 6.07) is 0. The van der Waals surface area contributed by atoms with Crippen LogP contribution in [0, 0.1) is 17.8 Å². The molecule has 1 aliphatic rings. The van der Waals surface area contributed by atoms with Gasteiger partial charge in [0, 0.05) is 12.5 Å². The molecule has 1 heteroatoms. The third-order valence-corrected chi connectivity index (χ3v) is 7.08. The van der Waals surface area contributed by atoms with Gasteiger partial charge in [-0.15, -0.1) is 0 Å². The van der Waals surface area contributed by atoms with Crippen molar-refractivity contribution in [2.24, 2.45) is 17.8 Å². The molecule has 0 radical (unpaired) electrons. The van der Waals surface area contributed by atoms with E-state index in [4.69, 9.17) is 4.74 Å². The van der Waals surface area contributed by atoms with Crippen LogP contribution in [0.3, 0.4) is 0 Å². The van der Waals surface area contributed by atoms with Gasteiger partial charge in [-0.25, -0.2) is 0 Å². The third kappa shape index (κ3) is 11.0.